The molecule has 2 aromatic rings. The number of ether oxygens (including phenoxy) is 4. The molecule has 3 rings (SSSR count). The van der Waals surface area contributed by atoms with Crippen LogP contribution in [0, 0.1) is 5.92 Å². The second-order valence-electron chi connectivity index (χ2n) is 6.80. The zero-order valence-corrected chi connectivity index (χ0v) is 16.6. The summed E-state index contributed by atoms with van der Waals surface area (Å²) < 4.78 is 21.8. The van der Waals surface area contributed by atoms with E-state index in [4.69, 9.17) is 18.9 Å². The van der Waals surface area contributed by atoms with Gasteiger partial charge in [0.1, 0.15) is 19.0 Å². The summed E-state index contributed by atoms with van der Waals surface area (Å²) in [6.07, 6.45) is 0.685. The molecule has 0 spiro atoms. The van der Waals surface area contributed by atoms with Gasteiger partial charge >= 0.3 is 0 Å². The third-order valence-corrected chi connectivity index (χ3v) is 4.84. The van der Waals surface area contributed by atoms with Gasteiger partial charge in [0, 0.05) is 7.11 Å². The van der Waals surface area contributed by atoms with Gasteiger partial charge in [-0.05, 0) is 42.7 Å². The summed E-state index contributed by atoms with van der Waals surface area (Å²) in [5, 5.41) is 3.08. The molecular weight excluding hydrogens is 358 g/mol. The van der Waals surface area contributed by atoms with Crippen LogP contribution in [0.1, 0.15) is 24.1 Å². The number of carbonyl (C=O) groups is 1. The maximum absolute atomic E-state index is 12.7. The van der Waals surface area contributed by atoms with Gasteiger partial charge in [-0.3, -0.25) is 4.79 Å². The van der Waals surface area contributed by atoms with Gasteiger partial charge in [-0.25, -0.2) is 0 Å². The summed E-state index contributed by atoms with van der Waals surface area (Å²) >= 11 is 0. The number of fused-ring (bicyclic) bond motifs is 1. The number of hydrogen-bond donors (Lipinski definition) is 1. The van der Waals surface area contributed by atoms with Crippen LogP contribution in [0.15, 0.2) is 42.5 Å². The molecule has 0 aromatic heterocycles. The van der Waals surface area contributed by atoms with E-state index in [1.165, 1.54) is 0 Å². The van der Waals surface area contributed by atoms with Gasteiger partial charge in [0.05, 0.1) is 25.7 Å². The Bertz CT molecular complexity index is 807. The van der Waals surface area contributed by atoms with Crippen molar-refractivity contribution in [3.8, 4) is 17.2 Å². The maximum Gasteiger partial charge on any atom is 0.227 e. The lowest BCUT2D eigenvalue weighted by Gasteiger charge is -2.26. The highest BCUT2D eigenvalue weighted by Crippen LogP contribution is 2.31. The number of carbonyl (C=O) groups excluding carboxylic acids is 1. The number of benzene rings is 2. The first-order chi connectivity index (χ1) is 13.6. The normalized spacial score (nSPS) is 16.5. The Balaban J connectivity index is 1.62. The molecule has 0 radical (unpaired) electrons. The lowest BCUT2D eigenvalue weighted by Crippen LogP contribution is -2.38. The Labute approximate surface area is 165 Å². The molecule has 150 valence electrons. The molecule has 6 heteroatoms. The van der Waals surface area contributed by atoms with Crippen LogP contribution in [0.2, 0.25) is 0 Å². The van der Waals surface area contributed by atoms with Crippen LogP contribution in [0.5, 0.6) is 17.2 Å². The predicted molar refractivity (Wildman–Crippen MR) is 106 cm³/mol. The van der Waals surface area contributed by atoms with Gasteiger partial charge in [-0.15, -0.1) is 0 Å². The van der Waals surface area contributed by atoms with Crippen molar-refractivity contribution in [1.82, 2.24) is 5.32 Å². The maximum atomic E-state index is 12.7. The number of nitrogens with one attached hydrogen (secondary N) is 1. The van der Waals surface area contributed by atoms with E-state index in [-0.39, 0.29) is 17.9 Å². The largest absolute Gasteiger partial charge is 0.493 e. The fourth-order valence-electron chi connectivity index (χ4n) is 3.22. The molecule has 28 heavy (non-hydrogen) atoms. The number of para-hydroxylation sites is 1. The molecule has 0 bridgehead atoms. The van der Waals surface area contributed by atoms with Crippen molar-refractivity contribution in [3.05, 3.63) is 53.6 Å². The van der Waals surface area contributed by atoms with Gasteiger partial charge in [0.25, 0.3) is 0 Å². The molecule has 1 amide bonds. The van der Waals surface area contributed by atoms with Gasteiger partial charge in [-0.2, -0.15) is 0 Å². The van der Waals surface area contributed by atoms with Crippen molar-refractivity contribution in [1.29, 1.82) is 0 Å². The molecule has 1 N–H and O–H groups in total. The summed E-state index contributed by atoms with van der Waals surface area (Å²) in [5.41, 5.74) is 2.02. The highest BCUT2D eigenvalue weighted by molar-refractivity contribution is 5.80. The van der Waals surface area contributed by atoms with Crippen molar-refractivity contribution in [2.75, 3.05) is 34.0 Å². The fraction of sp³-hybridized carbons (Fsp3) is 0.409. The molecule has 0 saturated carbocycles. The van der Waals surface area contributed by atoms with Crippen LogP contribution in [0.4, 0.5) is 0 Å². The first-order valence-electron chi connectivity index (χ1n) is 9.43. The number of hydrogen-bond acceptors (Lipinski definition) is 5. The zero-order valence-electron chi connectivity index (χ0n) is 16.6. The van der Waals surface area contributed by atoms with Crippen LogP contribution < -0.4 is 19.5 Å². The fourth-order valence-corrected chi connectivity index (χ4v) is 3.22. The molecular formula is C22H27NO5. The lowest BCUT2D eigenvalue weighted by molar-refractivity contribution is -0.126. The van der Waals surface area contributed by atoms with Crippen LogP contribution in [-0.2, 0) is 16.0 Å². The summed E-state index contributed by atoms with van der Waals surface area (Å²) in [6.45, 7) is 3.30. The second kappa shape index (κ2) is 9.46. The van der Waals surface area contributed by atoms with Gasteiger partial charge in [0.15, 0.2) is 11.5 Å². The first-order valence-corrected chi connectivity index (χ1v) is 9.43. The topological polar surface area (TPSA) is 66.0 Å². The molecule has 1 aliphatic rings. The molecule has 2 atom stereocenters. The lowest BCUT2D eigenvalue weighted by atomic mass is 9.95. The van der Waals surface area contributed by atoms with Crippen molar-refractivity contribution in [3.63, 3.8) is 0 Å². The first kappa shape index (κ1) is 20.0. The highest BCUT2D eigenvalue weighted by Gasteiger charge is 2.27. The van der Waals surface area contributed by atoms with E-state index in [2.05, 4.69) is 5.32 Å². The highest BCUT2D eigenvalue weighted by atomic mass is 16.5. The minimum Gasteiger partial charge on any atom is -0.493 e. The molecule has 0 fully saturated rings. The number of methoxy groups -OCH3 is 2. The SMILES string of the molecule is COCCOc1ccc([C@H](C)NC(=O)[C@@H]2COc3ccccc3C2)cc1OC. The van der Waals surface area contributed by atoms with E-state index in [0.717, 1.165) is 16.9 Å². The van der Waals surface area contributed by atoms with Gasteiger partial charge in [-0.1, -0.05) is 24.3 Å². The van der Waals surface area contributed by atoms with E-state index < -0.39 is 0 Å². The Morgan fingerprint density at radius 3 is 2.79 bits per heavy atom. The summed E-state index contributed by atoms with van der Waals surface area (Å²) in [5.74, 6) is 1.94. The molecule has 2 aromatic carbocycles. The standard InChI is InChI=1S/C22H27NO5/c1-15(16-8-9-20(21(13-16)26-3)27-11-10-25-2)23-22(24)18-12-17-6-4-5-7-19(17)28-14-18/h4-9,13,15,18H,10-12,14H2,1-3H3,(H,23,24)/t15-,18-/m0/s1. The number of rotatable bonds is 8. The molecule has 0 aliphatic carbocycles. The minimum atomic E-state index is -0.198. The Kier molecular flexibility index (Phi) is 6.76. The average Bonchev–Trinajstić information content (AvgIpc) is 2.73. The Morgan fingerprint density at radius 1 is 1.18 bits per heavy atom. The monoisotopic (exact) mass is 385 g/mol. The second-order valence-corrected chi connectivity index (χ2v) is 6.80. The van der Waals surface area contributed by atoms with Crippen molar-refractivity contribution in [2.45, 2.75) is 19.4 Å². The molecule has 1 heterocycles. The molecule has 6 nitrogen and oxygen atoms in total. The van der Waals surface area contributed by atoms with Gasteiger partial charge in [0.2, 0.25) is 5.91 Å². The summed E-state index contributed by atoms with van der Waals surface area (Å²) in [4.78, 5) is 12.7. The van der Waals surface area contributed by atoms with Crippen LogP contribution in [-0.4, -0.2) is 39.9 Å². The molecule has 0 saturated heterocycles. The third-order valence-electron chi connectivity index (χ3n) is 4.84. The zero-order chi connectivity index (χ0) is 19.9. The van der Waals surface area contributed by atoms with Gasteiger partial charge < -0.3 is 24.3 Å². The van der Waals surface area contributed by atoms with Crippen LogP contribution >= 0.6 is 0 Å². The summed E-state index contributed by atoms with van der Waals surface area (Å²) in [7, 11) is 3.23. The smallest absolute Gasteiger partial charge is 0.227 e. The summed E-state index contributed by atoms with van der Waals surface area (Å²) in [6, 6.07) is 13.4. The average molecular weight is 385 g/mol. The Hall–Kier alpha value is -2.73. The quantitative estimate of drug-likeness (QED) is 0.707. The van der Waals surface area contributed by atoms with E-state index >= 15 is 0 Å². The third kappa shape index (κ3) is 4.75. The Morgan fingerprint density at radius 2 is 2.00 bits per heavy atom. The van der Waals surface area contributed by atoms with Crippen molar-refractivity contribution in [2.24, 2.45) is 5.92 Å². The molecule has 1 aliphatic heterocycles. The molecule has 0 unspecified atom stereocenters. The van der Waals surface area contributed by atoms with E-state index in [9.17, 15) is 4.79 Å². The van der Waals surface area contributed by atoms with Crippen LogP contribution in [0.25, 0.3) is 0 Å². The van der Waals surface area contributed by atoms with E-state index in [1.807, 2.05) is 49.4 Å². The number of amides is 1. The minimum absolute atomic E-state index is 0.0126. The van der Waals surface area contributed by atoms with Crippen molar-refractivity contribution >= 4 is 5.91 Å². The van der Waals surface area contributed by atoms with Crippen LogP contribution in [0.3, 0.4) is 0 Å². The predicted octanol–water partition coefficient (Wildman–Crippen LogP) is 3.15. The van der Waals surface area contributed by atoms with E-state index in [1.54, 1.807) is 14.2 Å². The van der Waals surface area contributed by atoms with E-state index in [0.29, 0.717) is 37.7 Å². The van der Waals surface area contributed by atoms with Crippen molar-refractivity contribution < 1.29 is 23.7 Å².